The highest BCUT2D eigenvalue weighted by molar-refractivity contribution is 5.96. The highest BCUT2D eigenvalue weighted by atomic mass is 35.5. The molecule has 1 fully saturated rings. The third-order valence-corrected chi connectivity index (χ3v) is 3.55. The summed E-state index contributed by atoms with van der Waals surface area (Å²) in [6, 6.07) is 17.5. The van der Waals surface area contributed by atoms with Gasteiger partial charge in [-0.1, -0.05) is 30.3 Å². The summed E-state index contributed by atoms with van der Waals surface area (Å²) in [6.45, 7) is 1.12. The minimum absolute atomic E-state index is 0. The molecule has 0 aliphatic carbocycles. The number of rotatable bonds is 4. The lowest BCUT2D eigenvalue weighted by atomic mass is 10.2. The summed E-state index contributed by atoms with van der Waals surface area (Å²) in [5.41, 5.74) is 7.81. The first kappa shape index (κ1) is 16.3. The Balaban J connectivity index is 0.00000176. The Hall–Kier alpha value is -2.04. The van der Waals surface area contributed by atoms with Crippen molar-refractivity contribution in [2.24, 2.45) is 5.73 Å². The van der Waals surface area contributed by atoms with Crippen LogP contribution in [0.3, 0.4) is 0 Å². The number of benzene rings is 2. The molecule has 4 nitrogen and oxygen atoms in total. The third kappa shape index (κ3) is 3.78. The zero-order valence-electron chi connectivity index (χ0n) is 12.1. The minimum Gasteiger partial charge on any atom is -0.489 e. The first-order valence-corrected chi connectivity index (χ1v) is 7.05. The third-order valence-electron chi connectivity index (χ3n) is 3.55. The van der Waals surface area contributed by atoms with Gasteiger partial charge in [-0.15, -0.1) is 12.4 Å². The van der Waals surface area contributed by atoms with E-state index < -0.39 is 0 Å². The predicted octanol–water partition coefficient (Wildman–Crippen LogP) is 2.75. The van der Waals surface area contributed by atoms with Crippen LogP contribution in [0.2, 0.25) is 0 Å². The Kier molecular flexibility index (Phi) is 5.41. The van der Waals surface area contributed by atoms with Crippen molar-refractivity contribution in [2.45, 2.75) is 19.1 Å². The van der Waals surface area contributed by atoms with Gasteiger partial charge in [0.25, 0.3) is 0 Å². The molecule has 1 aliphatic heterocycles. The molecule has 3 rings (SSSR count). The second-order valence-corrected chi connectivity index (χ2v) is 5.24. The van der Waals surface area contributed by atoms with E-state index in [9.17, 15) is 4.79 Å². The largest absolute Gasteiger partial charge is 0.489 e. The molecule has 5 heteroatoms. The van der Waals surface area contributed by atoms with E-state index in [1.165, 1.54) is 0 Å². The zero-order chi connectivity index (χ0) is 14.7. The van der Waals surface area contributed by atoms with Gasteiger partial charge in [-0.2, -0.15) is 0 Å². The van der Waals surface area contributed by atoms with E-state index in [1.54, 1.807) is 4.90 Å². The fourth-order valence-electron chi connectivity index (χ4n) is 2.45. The van der Waals surface area contributed by atoms with Crippen LogP contribution in [-0.2, 0) is 11.4 Å². The smallest absolute Gasteiger partial charge is 0.228 e. The number of ether oxygens (including phenoxy) is 1. The van der Waals surface area contributed by atoms with Gasteiger partial charge in [0.2, 0.25) is 5.91 Å². The van der Waals surface area contributed by atoms with Crippen LogP contribution in [0, 0.1) is 0 Å². The van der Waals surface area contributed by atoms with Crippen molar-refractivity contribution in [1.82, 2.24) is 0 Å². The molecule has 1 atom stereocenters. The fraction of sp³-hybridized carbons (Fsp3) is 0.235. The first-order chi connectivity index (χ1) is 10.2. The van der Waals surface area contributed by atoms with E-state index in [-0.39, 0.29) is 24.4 Å². The Morgan fingerprint density at radius 3 is 2.36 bits per heavy atom. The fourth-order valence-corrected chi connectivity index (χ4v) is 2.45. The Labute approximate surface area is 136 Å². The van der Waals surface area contributed by atoms with Crippen molar-refractivity contribution >= 4 is 24.0 Å². The molecule has 1 aliphatic rings. The maximum Gasteiger partial charge on any atom is 0.228 e. The molecule has 1 saturated heterocycles. The summed E-state index contributed by atoms with van der Waals surface area (Å²) >= 11 is 0. The summed E-state index contributed by atoms with van der Waals surface area (Å²) in [6.07, 6.45) is 0.423. The van der Waals surface area contributed by atoms with Crippen molar-refractivity contribution in [3.63, 3.8) is 0 Å². The maximum atomic E-state index is 11.8. The van der Waals surface area contributed by atoms with Crippen molar-refractivity contribution in [2.75, 3.05) is 11.4 Å². The highest BCUT2D eigenvalue weighted by Crippen LogP contribution is 2.24. The van der Waals surface area contributed by atoms with Crippen molar-refractivity contribution in [1.29, 1.82) is 0 Å². The Bertz CT molecular complexity index is 616. The summed E-state index contributed by atoms with van der Waals surface area (Å²) < 4.78 is 5.73. The van der Waals surface area contributed by atoms with E-state index in [0.29, 0.717) is 19.6 Å². The molecule has 0 bridgehead atoms. The highest BCUT2D eigenvalue weighted by Gasteiger charge is 2.27. The summed E-state index contributed by atoms with van der Waals surface area (Å²) in [5, 5.41) is 0. The molecule has 0 saturated carbocycles. The van der Waals surface area contributed by atoms with Gasteiger partial charge < -0.3 is 15.4 Å². The van der Waals surface area contributed by atoms with E-state index >= 15 is 0 Å². The molecule has 0 unspecified atom stereocenters. The Morgan fingerprint density at radius 1 is 1.09 bits per heavy atom. The lowest BCUT2D eigenvalue weighted by Crippen LogP contribution is -2.27. The van der Waals surface area contributed by atoms with Crippen molar-refractivity contribution in [3.8, 4) is 5.75 Å². The van der Waals surface area contributed by atoms with E-state index in [2.05, 4.69) is 0 Å². The molecule has 2 aromatic carbocycles. The van der Waals surface area contributed by atoms with Gasteiger partial charge in [-0.05, 0) is 29.8 Å². The number of hydrogen-bond acceptors (Lipinski definition) is 3. The number of nitrogens with two attached hydrogens (primary N) is 1. The second kappa shape index (κ2) is 7.29. The quantitative estimate of drug-likeness (QED) is 0.943. The van der Waals surface area contributed by atoms with Crippen molar-refractivity contribution in [3.05, 3.63) is 60.2 Å². The monoisotopic (exact) mass is 318 g/mol. The average molecular weight is 319 g/mol. The number of nitrogens with zero attached hydrogens (tertiary/aromatic N) is 1. The molecular formula is C17H19ClN2O2. The number of anilines is 1. The van der Waals surface area contributed by atoms with Gasteiger partial charge in [0, 0.05) is 24.7 Å². The number of halogens is 1. The van der Waals surface area contributed by atoms with Gasteiger partial charge in [0.1, 0.15) is 12.4 Å². The molecule has 2 aromatic rings. The SMILES string of the molecule is Cl.N[C@H]1CC(=O)N(c2ccc(OCc3ccccc3)cc2)C1. The van der Waals surface area contributed by atoms with Crippen LogP contribution in [0.1, 0.15) is 12.0 Å². The molecule has 1 heterocycles. The molecule has 22 heavy (non-hydrogen) atoms. The standard InChI is InChI=1S/C17H18N2O2.ClH/c18-14-10-17(20)19(11-14)15-6-8-16(9-7-15)21-12-13-4-2-1-3-5-13;/h1-9,14H,10-12,18H2;1H/t14-;/m0./s1. The van der Waals surface area contributed by atoms with Crippen LogP contribution in [0.5, 0.6) is 5.75 Å². The van der Waals surface area contributed by atoms with Gasteiger partial charge in [-0.25, -0.2) is 0 Å². The maximum absolute atomic E-state index is 11.8. The van der Waals surface area contributed by atoms with E-state index in [1.807, 2.05) is 54.6 Å². The molecule has 116 valence electrons. The molecule has 1 amide bonds. The lowest BCUT2D eigenvalue weighted by Gasteiger charge is -2.16. The first-order valence-electron chi connectivity index (χ1n) is 7.05. The van der Waals surface area contributed by atoms with E-state index in [4.69, 9.17) is 10.5 Å². The summed E-state index contributed by atoms with van der Waals surface area (Å²) in [4.78, 5) is 13.5. The van der Waals surface area contributed by atoms with Crippen molar-refractivity contribution < 1.29 is 9.53 Å². The molecule has 0 radical (unpaired) electrons. The molecule has 0 aromatic heterocycles. The number of carbonyl (C=O) groups is 1. The number of carbonyl (C=O) groups excluding carboxylic acids is 1. The van der Waals surface area contributed by atoms with Crippen LogP contribution < -0.4 is 15.4 Å². The number of hydrogen-bond donors (Lipinski definition) is 1. The molecule has 2 N–H and O–H groups in total. The average Bonchev–Trinajstić information content (AvgIpc) is 2.85. The Morgan fingerprint density at radius 2 is 1.77 bits per heavy atom. The summed E-state index contributed by atoms with van der Waals surface area (Å²) in [5.74, 6) is 0.874. The van der Waals surface area contributed by atoms with Crippen LogP contribution in [0.15, 0.2) is 54.6 Å². The predicted molar refractivity (Wildman–Crippen MR) is 89.4 cm³/mol. The normalized spacial score (nSPS) is 17.2. The van der Waals surface area contributed by atoms with Gasteiger partial charge in [0.05, 0.1) is 0 Å². The lowest BCUT2D eigenvalue weighted by molar-refractivity contribution is -0.117. The van der Waals surface area contributed by atoms with Crippen LogP contribution in [0.4, 0.5) is 5.69 Å². The van der Waals surface area contributed by atoms with E-state index in [0.717, 1.165) is 17.0 Å². The topological polar surface area (TPSA) is 55.6 Å². The van der Waals surface area contributed by atoms with Gasteiger partial charge in [-0.3, -0.25) is 4.79 Å². The minimum atomic E-state index is -0.0634. The van der Waals surface area contributed by atoms with Gasteiger partial charge >= 0.3 is 0 Å². The summed E-state index contributed by atoms with van der Waals surface area (Å²) in [7, 11) is 0. The molecule has 0 spiro atoms. The van der Waals surface area contributed by atoms with Crippen LogP contribution >= 0.6 is 12.4 Å². The molecular weight excluding hydrogens is 300 g/mol. The van der Waals surface area contributed by atoms with Gasteiger partial charge in [0.15, 0.2) is 0 Å². The number of amides is 1. The zero-order valence-corrected chi connectivity index (χ0v) is 13.0. The van der Waals surface area contributed by atoms with Crippen LogP contribution in [0.25, 0.3) is 0 Å². The van der Waals surface area contributed by atoms with Crippen LogP contribution in [-0.4, -0.2) is 18.5 Å². The second-order valence-electron chi connectivity index (χ2n) is 5.24.